The van der Waals surface area contributed by atoms with Crippen molar-refractivity contribution in [2.45, 2.75) is 13.1 Å². The van der Waals surface area contributed by atoms with Crippen molar-refractivity contribution in [1.82, 2.24) is 19.6 Å². The van der Waals surface area contributed by atoms with Crippen LogP contribution in [0.15, 0.2) is 73.3 Å². The maximum Gasteiger partial charge on any atom is 2.00 e. The molecule has 4 rings (SSSR count). The van der Waals surface area contributed by atoms with Gasteiger partial charge < -0.3 is 0 Å². The van der Waals surface area contributed by atoms with E-state index in [0.717, 1.165) is 11.4 Å². The predicted octanol–water partition coefficient (Wildman–Crippen LogP) is 2.48. The van der Waals surface area contributed by atoms with Crippen LogP contribution in [-0.4, -0.2) is 27.6 Å². The van der Waals surface area contributed by atoms with Crippen LogP contribution in [-0.2, 0) is 21.1 Å². The summed E-state index contributed by atoms with van der Waals surface area (Å²) in [6.07, 6.45) is 7.44. The van der Waals surface area contributed by atoms with E-state index in [-0.39, 0.29) is 21.1 Å². The van der Waals surface area contributed by atoms with Gasteiger partial charge in [0.15, 0.2) is 0 Å². The maximum absolute atomic E-state index is 4.31. The minimum Gasteiger partial charge on any atom is -0.266 e. The molecule has 26 heavy (non-hydrogen) atoms. The summed E-state index contributed by atoms with van der Waals surface area (Å²) in [5.74, 6) is 0. The second-order valence-electron chi connectivity index (χ2n) is 6.43. The van der Waals surface area contributed by atoms with E-state index < -0.39 is 8.07 Å². The van der Waals surface area contributed by atoms with E-state index in [9.17, 15) is 0 Å². The van der Waals surface area contributed by atoms with E-state index >= 15 is 0 Å². The summed E-state index contributed by atoms with van der Waals surface area (Å²) >= 11 is 0. The Bertz CT molecular complexity index is 899. The van der Waals surface area contributed by atoms with Gasteiger partial charge in [0.05, 0.1) is 8.07 Å². The molecule has 0 aliphatic carbocycles. The van der Waals surface area contributed by atoms with E-state index in [1.54, 1.807) is 12.4 Å². The van der Waals surface area contributed by atoms with Gasteiger partial charge in [0.25, 0.3) is 0 Å². The fourth-order valence-electron chi connectivity index (χ4n) is 2.88. The molecule has 0 N–H and O–H groups in total. The summed E-state index contributed by atoms with van der Waals surface area (Å²) in [5, 5.41) is 11.1. The average Bonchev–Trinajstić information content (AvgIpc) is 3.36. The zero-order chi connectivity index (χ0) is 17.3. The number of nitrogens with zero attached hydrogens (tertiary/aromatic N) is 4. The monoisotopic (exact) mass is 537 g/mol. The van der Waals surface area contributed by atoms with Gasteiger partial charge in [-0.3, -0.25) is 9.36 Å². The van der Waals surface area contributed by atoms with Crippen molar-refractivity contribution < 1.29 is 21.1 Å². The third kappa shape index (κ3) is 3.50. The molecule has 0 atom stereocenters. The number of hydrogen-bond donors (Lipinski definition) is 0. The van der Waals surface area contributed by atoms with Crippen molar-refractivity contribution in [3.05, 3.63) is 85.5 Å². The summed E-state index contributed by atoms with van der Waals surface area (Å²) in [6.45, 7) is 4.65. The van der Waals surface area contributed by atoms with Crippen LogP contribution in [0, 0.1) is 12.1 Å². The zero-order valence-corrected chi connectivity index (χ0v) is 17.8. The molecular formula is C20H18N4PtSi. The molecule has 0 amide bonds. The Morgan fingerprint density at radius 3 is 1.58 bits per heavy atom. The first-order valence-corrected chi connectivity index (χ1v) is 11.2. The Kier molecular flexibility index (Phi) is 5.40. The van der Waals surface area contributed by atoms with Crippen molar-refractivity contribution in [3.8, 4) is 11.4 Å². The molecule has 2 aromatic heterocycles. The Balaban J connectivity index is 0.00000196. The largest absolute Gasteiger partial charge is 2.00 e. The molecular weight excluding hydrogens is 519 g/mol. The number of aromatic nitrogens is 4. The van der Waals surface area contributed by atoms with Gasteiger partial charge >= 0.3 is 21.1 Å². The number of hydrogen-bond acceptors (Lipinski definition) is 2. The zero-order valence-electron chi connectivity index (χ0n) is 14.5. The quantitative estimate of drug-likeness (QED) is 0.296. The van der Waals surface area contributed by atoms with Gasteiger partial charge in [0.2, 0.25) is 0 Å². The molecule has 6 heteroatoms. The topological polar surface area (TPSA) is 35.6 Å². The van der Waals surface area contributed by atoms with Gasteiger partial charge in [-0.05, 0) is 23.5 Å². The molecule has 0 aliphatic rings. The minimum atomic E-state index is -1.94. The molecule has 2 heterocycles. The van der Waals surface area contributed by atoms with E-state index in [2.05, 4.69) is 59.7 Å². The Hall–Kier alpha value is -2.23. The molecule has 4 nitrogen and oxygen atoms in total. The van der Waals surface area contributed by atoms with Crippen molar-refractivity contribution >= 4 is 18.4 Å². The average molecular weight is 538 g/mol. The standard InChI is InChI=1S/C20H18N4Si.Pt/c1-25(2,19-9-3-7-17(15-19)23-13-5-11-21-23)20-10-4-8-18(16-20)24-14-6-12-22-24;/h3-14H,1-2H3;/q-2;+2. The summed E-state index contributed by atoms with van der Waals surface area (Å²) in [5.41, 5.74) is 1.93. The third-order valence-electron chi connectivity index (χ3n) is 4.41. The van der Waals surface area contributed by atoms with Gasteiger partial charge in [-0.1, -0.05) is 13.1 Å². The fourth-order valence-corrected chi connectivity index (χ4v) is 5.07. The van der Waals surface area contributed by atoms with Gasteiger partial charge in [-0.25, -0.2) is 0 Å². The Morgan fingerprint density at radius 2 is 1.19 bits per heavy atom. The molecule has 4 aromatic rings. The fraction of sp³-hybridized carbons (Fsp3) is 0.100. The van der Waals surface area contributed by atoms with E-state index in [4.69, 9.17) is 0 Å². The number of rotatable bonds is 4. The van der Waals surface area contributed by atoms with Crippen LogP contribution >= 0.6 is 0 Å². The maximum atomic E-state index is 4.31. The normalized spacial score (nSPS) is 11.2. The minimum absolute atomic E-state index is 0. The second-order valence-corrected chi connectivity index (χ2v) is 10.8. The Labute approximate surface area is 168 Å². The van der Waals surface area contributed by atoms with E-state index in [1.807, 2.05) is 46.0 Å². The van der Waals surface area contributed by atoms with Crippen LogP contribution in [0.1, 0.15) is 0 Å². The van der Waals surface area contributed by atoms with Crippen LogP contribution in [0.5, 0.6) is 0 Å². The van der Waals surface area contributed by atoms with Gasteiger partial charge in [0.1, 0.15) is 0 Å². The molecule has 0 fully saturated rings. The Morgan fingerprint density at radius 1 is 0.731 bits per heavy atom. The number of benzene rings is 2. The molecule has 2 aromatic carbocycles. The second kappa shape index (κ2) is 7.56. The van der Waals surface area contributed by atoms with Crippen LogP contribution < -0.4 is 10.4 Å². The SMILES string of the molecule is C[Si](C)(c1[c-]c(-n2cccn2)ccc1)c1[c-]c(-n2cccn2)ccc1.[Pt+2]. The molecule has 0 aliphatic heterocycles. The summed E-state index contributed by atoms with van der Waals surface area (Å²) in [6, 6.07) is 23.5. The molecule has 0 radical (unpaired) electrons. The smallest absolute Gasteiger partial charge is 0.266 e. The van der Waals surface area contributed by atoms with Crippen molar-refractivity contribution in [2.24, 2.45) is 0 Å². The van der Waals surface area contributed by atoms with Crippen molar-refractivity contribution in [2.75, 3.05) is 0 Å². The van der Waals surface area contributed by atoms with Gasteiger partial charge in [-0.15, -0.1) is 12.1 Å². The molecule has 0 saturated heterocycles. The summed E-state index contributed by atoms with van der Waals surface area (Å²) in [4.78, 5) is 0. The summed E-state index contributed by atoms with van der Waals surface area (Å²) in [7, 11) is -1.94. The van der Waals surface area contributed by atoms with Crippen LogP contribution in [0.3, 0.4) is 0 Å². The van der Waals surface area contributed by atoms with Gasteiger partial charge in [-0.2, -0.15) is 57.0 Å². The summed E-state index contributed by atoms with van der Waals surface area (Å²) < 4.78 is 3.69. The van der Waals surface area contributed by atoms with E-state index in [0.29, 0.717) is 0 Å². The third-order valence-corrected chi connectivity index (χ3v) is 7.69. The molecule has 0 saturated carbocycles. The first kappa shape index (κ1) is 18.6. The predicted molar refractivity (Wildman–Crippen MR) is 102 cm³/mol. The first-order chi connectivity index (χ1) is 12.1. The van der Waals surface area contributed by atoms with Gasteiger partial charge in [0, 0.05) is 24.8 Å². The van der Waals surface area contributed by atoms with Crippen LogP contribution in [0.25, 0.3) is 11.4 Å². The van der Waals surface area contributed by atoms with Crippen LogP contribution in [0.4, 0.5) is 0 Å². The molecule has 132 valence electrons. The molecule has 0 spiro atoms. The first-order valence-electron chi connectivity index (χ1n) is 8.20. The van der Waals surface area contributed by atoms with Crippen molar-refractivity contribution in [1.29, 1.82) is 0 Å². The molecule has 0 bridgehead atoms. The van der Waals surface area contributed by atoms with Crippen molar-refractivity contribution in [3.63, 3.8) is 0 Å². The van der Waals surface area contributed by atoms with Crippen LogP contribution in [0.2, 0.25) is 13.1 Å². The molecule has 0 unspecified atom stereocenters. The van der Waals surface area contributed by atoms with E-state index in [1.165, 1.54) is 10.4 Å².